The number of hydrogen-bond acceptors (Lipinski definition) is 3. The molecule has 0 aliphatic heterocycles. The molecule has 0 heterocycles. The third kappa shape index (κ3) is 7.79. The molecule has 0 saturated carbocycles. The lowest BCUT2D eigenvalue weighted by molar-refractivity contribution is 0.103. The molecule has 3 aromatic rings. The molecule has 0 aromatic heterocycles. The van der Waals surface area contributed by atoms with Crippen LogP contribution in [0.2, 0.25) is 0 Å². The average molecular weight is 434 g/mol. The second kappa shape index (κ2) is 13.8. The molecule has 4 nitrogen and oxygen atoms in total. The average Bonchev–Trinajstić information content (AvgIpc) is 2.82. The summed E-state index contributed by atoms with van der Waals surface area (Å²) >= 11 is 4.88. The van der Waals surface area contributed by atoms with E-state index >= 15 is 0 Å². The van der Waals surface area contributed by atoms with Crippen molar-refractivity contribution < 1.29 is 4.79 Å². The van der Waals surface area contributed by atoms with Crippen molar-refractivity contribution in [1.82, 2.24) is 5.43 Å². The second-order valence-electron chi connectivity index (χ2n) is 6.09. The number of ketones is 1. The van der Waals surface area contributed by atoms with Gasteiger partial charge in [0, 0.05) is 22.3 Å². The van der Waals surface area contributed by atoms with Crippen molar-refractivity contribution in [3.05, 3.63) is 107 Å². The molecule has 0 aliphatic carbocycles. The van der Waals surface area contributed by atoms with Gasteiger partial charge in [-0.3, -0.25) is 10.2 Å². The van der Waals surface area contributed by atoms with Crippen LogP contribution >= 0.6 is 12.2 Å². The first kappa shape index (κ1) is 25.7. The highest BCUT2D eigenvalue weighted by Gasteiger charge is 2.14. The Morgan fingerprint density at radius 3 is 1.77 bits per heavy atom. The fraction of sp³-hybridized carbons (Fsp3) is 0.192. The Balaban J connectivity index is 0.00000113. The van der Waals surface area contributed by atoms with Gasteiger partial charge in [-0.1, -0.05) is 88.4 Å². The highest BCUT2D eigenvalue weighted by atomic mass is 32.1. The third-order valence-electron chi connectivity index (χ3n) is 3.97. The molecule has 0 fully saturated rings. The van der Waals surface area contributed by atoms with Crippen LogP contribution < -0.4 is 11.2 Å². The zero-order chi connectivity index (χ0) is 23.2. The quantitative estimate of drug-likeness (QED) is 0.229. The smallest absolute Gasteiger partial charge is 0.193 e. The van der Waals surface area contributed by atoms with Crippen LogP contribution in [0.4, 0.5) is 0 Å². The molecule has 3 rings (SSSR count). The summed E-state index contributed by atoms with van der Waals surface area (Å²) in [7, 11) is 0. The summed E-state index contributed by atoms with van der Waals surface area (Å²) in [6.07, 6.45) is 0. The highest BCUT2D eigenvalue weighted by molar-refractivity contribution is 7.80. The Hall–Kier alpha value is -3.31. The van der Waals surface area contributed by atoms with E-state index in [1.54, 1.807) is 0 Å². The van der Waals surface area contributed by atoms with Crippen LogP contribution in [-0.2, 0) is 0 Å². The first-order valence-electron chi connectivity index (χ1n) is 10.4. The van der Waals surface area contributed by atoms with Gasteiger partial charge in [-0.2, -0.15) is 5.10 Å². The summed E-state index contributed by atoms with van der Waals surface area (Å²) in [5.41, 5.74) is 12.8. The molecule has 0 saturated heterocycles. The molecular weight excluding hydrogens is 402 g/mol. The number of nitrogens with one attached hydrogen (secondary N) is 1. The first-order chi connectivity index (χ1) is 15.0. The lowest BCUT2D eigenvalue weighted by Gasteiger charge is -2.11. The highest BCUT2D eigenvalue weighted by Crippen LogP contribution is 2.18. The Morgan fingerprint density at radius 2 is 1.26 bits per heavy atom. The van der Waals surface area contributed by atoms with Gasteiger partial charge >= 0.3 is 0 Å². The molecule has 0 amide bonds. The molecule has 0 radical (unpaired) electrons. The number of rotatable bonds is 5. The zero-order valence-corrected chi connectivity index (χ0v) is 19.7. The van der Waals surface area contributed by atoms with E-state index in [0.717, 1.165) is 16.7 Å². The maximum absolute atomic E-state index is 12.9. The summed E-state index contributed by atoms with van der Waals surface area (Å²) < 4.78 is 0. The van der Waals surface area contributed by atoms with Crippen LogP contribution in [0.25, 0.3) is 0 Å². The van der Waals surface area contributed by atoms with E-state index in [-0.39, 0.29) is 10.9 Å². The zero-order valence-electron chi connectivity index (χ0n) is 18.8. The minimum absolute atomic E-state index is 0.0322. The number of benzene rings is 3. The van der Waals surface area contributed by atoms with Gasteiger partial charge in [-0.15, -0.1) is 0 Å². The summed E-state index contributed by atoms with van der Waals surface area (Å²) in [6, 6.07) is 24.6. The number of aryl methyl sites for hydroxylation is 1. The SMILES string of the molecule is CC.CC.Cc1cc(C(=O)c2ccccc2)cc(C(=NNC(N)=S)c2ccccc2)c1. The van der Waals surface area contributed by atoms with E-state index in [1.165, 1.54) is 0 Å². The van der Waals surface area contributed by atoms with Crippen LogP contribution in [0.5, 0.6) is 0 Å². The minimum atomic E-state index is -0.0322. The van der Waals surface area contributed by atoms with Crippen molar-refractivity contribution in [3.8, 4) is 0 Å². The maximum atomic E-state index is 12.9. The monoisotopic (exact) mass is 433 g/mol. The van der Waals surface area contributed by atoms with E-state index in [9.17, 15) is 4.79 Å². The van der Waals surface area contributed by atoms with Crippen molar-refractivity contribution in [2.24, 2.45) is 10.8 Å². The van der Waals surface area contributed by atoms with Crippen LogP contribution in [0, 0.1) is 6.92 Å². The number of carbonyl (C=O) groups is 1. The van der Waals surface area contributed by atoms with Crippen molar-refractivity contribution in [1.29, 1.82) is 0 Å². The van der Waals surface area contributed by atoms with Gasteiger partial charge in [0.2, 0.25) is 0 Å². The molecule has 31 heavy (non-hydrogen) atoms. The van der Waals surface area contributed by atoms with Crippen molar-refractivity contribution in [2.75, 3.05) is 0 Å². The third-order valence-corrected chi connectivity index (χ3v) is 4.07. The molecular formula is C26H31N3OS. The summed E-state index contributed by atoms with van der Waals surface area (Å²) in [5.74, 6) is -0.0322. The van der Waals surface area contributed by atoms with Gasteiger partial charge in [0.05, 0.1) is 5.71 Å². The lowest BCUT2D eigenvalue weighted by Crippen LogP contribution is -2.26. The molecule has 0 spiro atoms. The van der Waals surface area contributed by atoms with Gasteiger partial charge < -0.3 is 5.73 Å². The number of nitrogens with two attached hydrogens (primary N) is 1. The molecule has 162 valence electrons. The van der Waals surface area contributed by atoms with Gasteiger partial charge in [-0.05, 0) is 42.9 Å². The van der Waals surface area contributed by atoms with Crippen molar-refractivity contribution in [2.45, 2.75) is 34.6 Å². The predicted octanol–water partition coefficient (Wildman–Crippen LogP) is 5.86. The van der Waals surface area contributed by atoms with E-state index < -0.39 is 0 Å². The standard InChI is InChI=1S/C22H19N3OS.2C2H6/c1-15-12-18(14-19(13-15)21(26)17-10-6-3-7-11-17)20(24-25-22(23)27)16-8-4-2-5-9-16;2*1-2/h2-14H,1H3,(H3,23,25,27);2*1-2H3. The molecule has 0 atom stereocenters. The van der Waals surface area contributed by atoms with Gasteiger partial charge in [-0.25, -0.2) is 0 Å². The first-order valence-corrected chi connectivity index (χ1v) is 10.9. The van der Waals surface area contributed by atoms with Crippen molar-refractivity contribution >= 4 is 28.8 Å². The fourth-order valence-corrected chi connectivity index (χ4v) is 2.86. The molecule has 5 heteroatoms. The van der Waals surface area contributed by atoms with Crippen LogP contribution in [0.1, 0.15) is 60.3 Å². The van der Waals surface area contributed by atoms with E-state index in [2.05, 4.69) is 10.5 Å². The fourth-order valence-electron chi connectivity index (χ4n) is 2.81. The number of thiocarbonyl (C=S) groups is 1. The Bertz CT molecular complexity index is 1000. The number of nitrogens with zero attached hydrogens (tertiary/aromatic N) is 1. The van der Waals surface area contributed by atoms with Crippen LogP contribution in [0.3, 0.4) is 0 Å². The van der Waals surface area contributed by atoms with Gasteiger partial charge in [0.15, 0.2) is 10.9 Å². The van der Waals surface area contributed by atoms with E-state index in [4.69, 9.17) is 18.0 Å². The largest absolute Gasteiger partial charge is 0.375 e. The summed E-state index contributed by atoms with van der Waals surface area (Å²) in [5, 5.41) is 4.45. The molecule has 3 N–H and O–H groups in total. The number of carbonyl (C=O) groups excluding carboxylic acids is 1. The molecule has 0 unspecified atom stereocenters. The van der Waals surface area contributed by atoms with Gasteiger partial charge in [0.1, 0.15) is 0 Å². The summed E-state index contributed by atoms with van der Waals surface area (Å²) in [6.45, 7) is 9.95. The van der Waals surface area contributed by atoms with E-state index in [1.807, 2.05) is 113 Å². The molecule has 3 aromatic carbocycles. The van der Waals surface area contributed by atoms with Crippen LogP contribution in [0.15, 0.2) is 84.0 Å². The molecule has 0 bridgehead atoms. The summed E-state index contributed by atoms with van der Waals surface area (Å²) in [4.78, 5) is 12.9. The number of hydrazone groups is 1. The second-order valence-corrected chi connectivity index (χ2v) is 6.53. The molecule has 0 aliphatic rings. The predicted molar refractivity (Wildman–Crippen MR) is 136 cm³/mol. The maximum Gasteiger partial charge on any atom is 0.193 e. The topological polar surface area (TPSA) is 67.5 Å². The number of hydrogen-bond donors (Lipinski definition) is 2. The lowest BCUT2D eigenvalue weighted by atomic mass is 9.95. The van der Waals surface area contributed by atoms with Crippen molar-refractivity contribution in [3.63, 3.8) is 0 Å². The van der Waals surface area contributed by atoms with Gasteiger partial charge in [0.25, 0.3) is 0 Å². The Labute approximate surface area is 191 Å². The van der Waals surface area contributed by atoms with Crippen LogP contribution in [-0.4, -0.2) is 16.6 Å². The Kier molecular flexibility index (Phi) is 11.5. The normalized spacial score (nSPS) is 10.0. The van der Waals surface area contributed by atoms with E-state index in [0.29, 0.717) is 16.8 Å². The Morgan fingerprint density at radius 1 is 0.774 bits per heavy atom. The minimum Gasteiger partial charge on any atom is -0.375 e.